The van der Waals surface area contributed by atoms with E-state index in [-0.39, 0.29) is 24.5 Å². The Balaban J connectivity index is 3.05. The van der Waals surface area contributed by atoms with Crippen LogP contribution in [0, 0.1) is 5.82 Å². The smallest absolute Gasteiger partial charge is 0.165 e. The quantitative estimate of drug-likeness (QED) is 0.742. The average Bonchev–Trinajstić information content (AvgIpc) is 2.11. The lowest BCUT2D eigenvalue weighted by Crippen LogP contribution is -1.95. The molecule has 0 spiro atoms. The highest BCUT2D eigenvalue weighted by molar-refractivity contribution is 5.40. The fourth-order valence-electron chi connectivity index (χ4n) is 1.06. The molecule has 0 saturated heterocycles. The number of benzene rings is 1. The van der Waals surface area contributed by atoms with E-state index >= 15 is 0 Å². The van der Waals surface area contributed by atoms with Gasteiger partial charge in [-0.3, -0.25) is 0 Å². The zero-order valence-corrected chi connectivity index (χ0v) is 7.25. The summed E-state index contributed by atoms with van der Waals surface area (Å²) in [5, 5.41) is 17.9. The van der Waals surface area contributed by atoms with Gasteiger partial charge in [-0.25, -0.2) is 4.39 Å². The van der Waals surface area contributed by atoms with Gasteiger partial charge < -0.3 is 14.9 Å². The number of hydrogen-bond acceptors (Lipinski definition) is 3. The van der Waals surface area contributed by atoms with Crippen LogP contribution in [0.5, 0.6) is 11.5 Å². The van der Waals surface area contributed by atoms with Crippen molar-refractivity contribution in [3.63, 3.8) is 0 Å². The molecule has 0 aliphatic heterocycles. The standard InChI is InChI=1S/C9H11FO3/c1-13-9-5-8(12)6(2-3-11)4-7(9)10/h4-5,11-12H,2-3H2,1H3. The van der Waals surface area contributed by atoms with E-state index in [1.165, 1.54) is 13.2 Å². The predicted octanol–water partition coefficient (Wildman–Crippen LogP) is 1.07. The number of phenols is 1. The van der Waals surface area contributed by atoms with Gasteiger partial charge in [-0.1, -0.05) is 0 Å². The molecule has 1 aromatic rings. The lowest BCUT2D eigenvalue weighted by atomic mass is 10.1. The third-order valence-corrected chi connectivity index (χ3v) is 1.73. The number of aliphatic hydroxyl groups excluding tert-OH is 1. The molecule has 2 N–H and O–H groups in total. The van der Waals surface area contributed by atoms with Gasteiger partial charge in [0.2, 0.25) is 0 Å². The SMILES string of the molecule is COc1cc(O)c(CCO)cc1F. The van der Waals surface area contributed by atoms with Crippen molar-refractivity contribution in [2.24, 2.45) is 0 Å². The maximum Gasteiger partial charge on any atom is 0.165 e. The van der Waals surface area contributed by atoms with E-state index in [0.717, 1.165) is 6.07 Å². The van der Waals surface area contributed by atoms with Crippen LogP contribution in [0.3, 0.4) is 0 Å². The van der Waals surface area contributed by atoms with Crippen LogP contribution in [-0.2, 0) is 6.42 Å². The molecule has 1 aromatic carbocycles. The fourth-order valence-corrected chi connectivity index (χ4v) is 1.06. The van der Waals surface area contributed by atoms with Crippen LogP contribution >= 0.6 is 0 Å². The first-order chi connectivity index (χ1) is 6.19. The van der Waals surface area contributed by atoms with Crippen LogP contribution in [0.1, 0.15) is 5.56 Å². The minimum atomic E-state index is -0.538. The maximum atomic E-state index is 13.0. The van der Waals surface area contributed by atoms with Gasteiger partial charge in [0.25, 0.3) is 0 Å². The summed E-state index contributed by atoms with van der Waals surface area (Å²) in [5.41, 5.74) is 0.376. The summed E-state index contributed by atoms with van der Waals surface area (Å²) in [7, 11) is 1.32. The van der Waals surface area contributed by atoms with Crippen LogP contribution < -0.4 is 4.74 Å². The second-order valence-corrected chi connectivity index (χ2v) is 2.59. The largest absolute Gasteiger partial charge is 0.508 e. The van der Waals surface area contributed by atoms with Gasteiger partial charge in [-0.05, 0) is 18.1 Å². The average molecular weight is 186 g/mol. The van der Waals surface area contributed by atoms with E-state index in [4.69, 9.17) is 5.11 Å². The maximum absolute atomic E-state index is 13.0. The molecule has 72 valence electrons. The highest BCUT2D eigenvalue weighted by Gasteiger charge is 2.08. The summed E-state index contributed by atoms with van der Waals surface area (Å²) < 4.78 is 17.7. The normalized spacial score (nSPS) is 10.1. The second-order valence-electron chi connectivity index (χ2n) is 2.59. The Morgan fingerprint density at radius 1 is 1.46 bits per heavy atom. The van der Waals surface area contributed by atoms with E-state index in [9.17, 15) is 9.50 Å². The van der Waals surface area contributed by atoms with Crippen LogP contribution in [0.4, 0.5) is 4.39 Å². The summed E-state index contributed by atoms with van der Waals surface area (Å²) in [6.45, 7) is -0.126. The number of aromatic hydroxyl groups is 1. The first-order valence-electron chi connectivity index (χ1n) is 3.85. The van der Waals surface area contributed by atoms with Crippen LogP contribution in [-0.4, -0.2) is 23.9 Å². The monoisotopic (exact) mass is 186 g/mol. The molecule has 0 atom stereocenters. The molecule has 0 unspecified atom stereocenters. The zero-order chi connectivity index (χ0) is 9.84. The van der Waals surface area contributed by atoms with Gasteiger partial charge in [0, 0.05) is 12.7 Å². The molecule has 0 saturated carbocycles. The third-order valence-electron chi connectivity index (χ3n) is 1.73. The van der Waals surface area contributed by atoms with Crippen molar-refractivity contribution in [3.8, 4) is 11.5 Å². The van der Waals surface area contributed by atoms with Crippen LogP contribution in [0.2, 0.25) is 0 Å². The number of halogens is 1. The van der Waals surface area contributed by atoms with Gasteiger partial charge in [0.05, 0.1) is 7.11 Å². The van der Waals surface area contributed by atoms with Gasteiger partial charge in [0.15, 0.2) is 11.6 Å². The van der Waals surface area contributed by atoms with E-state index in [1.54, 1.807) is 0 Å². The van der Waals surface area contributed by atoms with Crippen molar-refractivity contribution in [3.05, 3.63) is 23.5 Å². The van der Waals surface area contributed by atoms with Crippen LogP contribution in [0.15, 0.2) is 12.1 Å². The van der Waals surface area contributed by atoms with Gasteiger partial charge in [-0.2, -0.15) is 0 Å². The van der Waals surface area contributed by atoms with Crippen molar-refractivity contribution in [1.29, 1.82) is 0 Å². The minimum absolute atomic E-state index is 0.000750. The van der Waals surface area contributed by atoms with E-state index in [1.807, 2.05) is 0 Å². The van der Waals surface area contributed by atoms with Crippen molar-refractivity contribution < 1.29 is 19.3 Å². The molecule has 0 radical (unpaired) electrons. The number of phenolic OH excluding ortho intramolecular Hbond substituents is 1. The highest BCUT2D eigenvalue weighted by atomic mass is 19.1. The lowest BCUT2D eigenvalue weighted by molar-refractivity contribution is 0.296. The predicted molar refractivity (Wildman–Crippen MR) is 45.4 cm³/mol. The summed E-state index contributed by atoms with van der Waals surface area (Å²) in [6, 6.07) is 2.35. The van der Waals surface area contributed by atoms with E-state index < -0.39 is 5.82 Å². The highest BCUT2D eigenvalue weighted by Crippen LogP contribution is 2.26. The molecule has 1 rings (SSSR count). The van der Waals surface area contributed by atoms with Crippen molar-refractivity contribution in [2.75, 3.05) is 13.7 Å². The van der Waals surface area contributed by atoms with Crippen molar-refractivity contribution in [2.45, 2.75) is 6.42 Å². The number of hydrogen-bond donors (Lipinski definition) is 2. The molecule has 13 heavy (non-hydrogen) atoms. The third kappa shape index (κ3) is 2.09. The van der Waals surface area contributed by atoms with Gasteiger partial charge in [-0.15, -0.1) is 0 Å². The molecule has 4 heteroatoms. The molecule has 0 fully saturated rings. The Morgan fingerprint density at radius 3 is 2.69 bits per heavy atom. The first-order valence-corrected chi connectivity index (χ1v) is 3.85. The number of rotatable bonds is 3. The molecular weight excluding hydrogens is 175 g/mol. The molecule has 0 heterocycles. The molecule has 0 amide bonds. The Labute approximate surface area is 75.4 Å². The molecular formula is C9H11FO3. The topological polar surface area (TPSA) is 49.7 Å². The van der Waals surface area contributed by atoms with E-state index in [2.05, 4.69) is 4.74 Å². The molecule has 0 bridgehead atoms. The molecule has 3 nitrogen and oxygen atoms in total. The second kappa shape index (κ2) is 4.09. The fraction of sp³-hybridized carbons (Fsp3) is 0.333. The van der Waals surface area contributed by atoms with Crippen molar-refractivity contribution in [1.82, 2.24) is 0 Å². The Bertz CT molecular complexity index is 299. The molecule has 0 aliphatic carbocycles. The Kier molecular flexibility index (Phi) is 3.08. The van der Waals surface area contributed by atoms with E-state index in [0.29, 0.717) is 5.56 Å². The zero-order valence-electron chi connectivity index (χ0n) is 7.25. The Hall–Kier alpha value is -1.29. The molecule has 0 aliphatic rings. The minimum Gasteiger partial charge on any atom is -0.508 e. The van der Waals surface area contributed by atoms with Gasteiger partial charge >= 0.3 is 0 Å². The summed E-state index contributed by atoms with van der Waals surface area (Å²) >= 11 is 0. The van der Waals surface area contributed by atoms with Crippen molar-refractivity contribution >= 4 is 0 Å². The van der Waals surface area contributed by atoms with Crippen LogP contribution in [0.25, 0.3) is 0 Å². The lowest BCUT2D eigenvalue weighted by Gasteiger charge is -2.06. The number of ether oxygens (including phenoxy) is 1. The summed E-state index contributed by atoms with van der Waals surface area (Å²) in [5.74, 6) is -0.602. The number of methoxy groups -OCH3 is 1. The number of aliphatic hydroxyl groups is 1. The summed E-state index contributed by atoms with van der Waals surface area (Å²) in [4.78, 5) is 0. The summed E-state index contributed by atoms with van der Waals surface area (Å²) in [6.07, 6.45) is 0.229. The Morgan fingerprint density at radius 2 is 2.15 bits per heavy atom. The van der Waals surface area contributed by atoms with Gasteiger partial charge in [0.1, 0.15) is 5.75 Å². The first kappa shape index (κ1) is 9.80. The molecule has 0 aromatic heterocycles.